The highest BCUT2D eigenvalue weighted by atomic mass is 35.5. The summed E-state index contributed by atoms with van der Waals surface area (Å²) in [5, 5.41) is 9.21. The van der Waals surface area contributed by atoms with Crippen molar-refractivity contribution in [3.05, 3.63) is 30.3 Å². The second-order valence-corrected chi connectivity index (χ2v) is 4.90. The largest absolute Gasteiger partial charge is 0.396 e. The predicted molar refractivity (Wildman–Crippen MR) is 89.4 cm³/mol. The smallest absolute Gasteiger partial charge is 0.231 e. The van der Waals surface area contributed by atoms with Gasteiger partial charge in [-0.1, -0.05) is 18.2 Å². The van der Waals surface area contributed by atoms with Gasteiger partial charge in [0.05, 0.1) is 6.54 Å². The summed E-state index contributed by atoms with van der Waals surface area (Å²) in [4.78, 5) is 15.4. The van der Waals surface area contributed by atoms with Gasteiger partial charge >= 0.3 is 0 Å². The van der Waals surface area contributed by atoms with Crippen LogP contribution in [-0.2, 0) is 4.79 Å². The van der Waals surface area contributed by atoms with Crippen molar-refractivity contribution in [2.75, 3.05) is 37.7 Å². The number of benzene rings is 1. The van der Waals surface area contributed by atoms with E-state index < -0.39 is 0 Å². The monoisotopic (exact) mass is 335 g/mol. The van der Waals surface area contributed by atoms with E-state index in [1.165, 1.54) is 5.69 Å². The van der Waals surface area contributed by atoms with Crippen LogP contribution in [0.5, 0.6) is 0 Å². The van der Waals surface area contributed by atoms with Crippen LogP contribution in [0.3, 0.4) is 0 Å². The number of halogens is 2. The number of para-hydroxylation sites is 1. The molecule has 1 amide bonds. The van der Waals surface area contributed by atoms with E-state index in [4.69, 9.17) is 5.73 Å². The fourth-order valence-electron chi connectivity index (χ4n) is 2.64. The van der Waals surface area contributed by atoms with Crippen LogP contribution in [-0.4, -0.2) is 54.7 Å². The lowest BCUT2D eigenvalue weighted by Crippen LogP contribution is -2.55. The summed E-state index contributed by atoms with van der Waals surface area (Å²) in [5.74, 6) is -0.295. The lowest BCUT2D eigenvalue weighted by atomic mass is 10.1. The minimum absolute atomic E-state index is 0. The molecule has 7 heteroatoms. The van der Waals surface area contributed by atoms with E-state index >= 15 is 0 Å². The van der Waals surface area contributed by atoms with Crippen molar-refractivity contribution in [1.82, 2.24) is 4.90 Å². The average molecular weight is 336 g/mol. The molecule has 1 heterocycles. The number of piperazine rings is 1. The van der Waals surface area contributed by atoms with E-state index in [0.717, 1.165) is 19.6 Å². The van der Waals surface area contributed by atoms with Crippen LogP contribution < -0.4 is 10.6 Å². The number of carbonyl (C=O) groups is 1. The fraction of sp³-hybridized carbons (Fsp3) is 0.500. The zero-order valence-electron chi connectivity index (χ0n) is 11.9. The molecule has 1 aliphatic rings. The molecule has 5 nitrogen and oxygen atoms in total. The number of aliphatic hydroxyl groups is 1. The molecule has 1 fully saturated rings. The van der Waals surface area contributed by atoms with Crippen LogP contribution in [0.2, 0.25) is 0 Å². The van der Waals surface area contributed by atoms with E-state index in [9.17, 15) is 9.90 Å². The van der Waals surface area contributed by atoms with Gasteiger partial charge in [0.2, 0.25) is 5.91 Å². The van der Waals surface area contributed by atoms with Gasteiger partial charge in [0, 0.05) is 38.0 Å². The molecule has 0 aliphatic carbocycles. The molecule has 0 bridgehead atoms. The van der Waals surface area contributed by atoms with Gasteiger partial charge in [0.15, 0.2) is 0 Å². The summed E-state index contributed by atoms with van der Waals surface area (Å²) >= 11 is 0. The van der Waals surface area contributed by atoms with Gasteiger partial charge < -0.3 is 15.7 Å². The Morgan fingerprint density at radius 1 is 1.24 bits per heavy atom. The molecule has 0 spiro atoms. The second kappa shape index (κ2) is 9.84. The fourth-order valence-corrected chi connectivity index (χ4v) is 2.64. The Morgan fingerprint density at radius 3 is 2.48 bits per heavy atom. The first kappa shape index (κ1) is 20.0. The molecular weight excluding hydrogens is 313 g/mol. The summed E-state index contributed by atoms with van der Waals surface area (Å²) in [6.45, 7) is 2.88. The maximum absolute atomic E-state index is 11.0. The molecule has 1 unspecified atom stereocenters. The Kier molecular flexibility index (Phi) is 9.37. The molecule has 0 radical (unpaired) electrons. The molecule has 120 valence electrons. The maximum Gasteiger partial charge on any atom is 0.231 e. The van der Waals surface area contributed by atoms with Crippen molar-refractivity contribution in [3.63, 3.8) is 0 Å². The maximum atomic E-state index is 11.0. The third-order valence-electron chi connectivity index (χ3n) is 3.50. The lowest BCUT2D eigenvalue weighted by Gasteiger charge is -2.42. The Hall–Kier alpha value is -1.01. The van der Waals surface area contributed by atoms with Gasteiger partial charge in [0.25, 0.3) is 0 Å². The van der Waals surface area contributed by atoms with Gasteiger partial charge in [-0.25, -0.2) is 0 Å². The molecule has 2 rings (SSSR count). The number of aliphatic hydroxyl groups excluding tert-OH is 1. The van der Waals surface area contributed by atoms with Crippen LogP contribution >= 0.6 is 24.8 Å². The first-order chi connectivity index (χ1) is 9.20. The second-order valence-electron chi connectivity index (χ2n) is 4.90. The van der Waals surface area contributed by atoms with Crippen LogP contribution in [0.4, 0.5) is 5.69 Å². The molecular formula is C14H23Cl2N3O2. The summed E-state index contributed by atoms with van der Waals surface area (Å²) in [6.07, 6.45) is 0.699. The third kappa shape index (κ3) is 5.71. The van der Waals surface area contributed by atoms with E-state index in [0.29, 0.717) is 13.0 Å². The van der Waals surface area contributed by atoms with E-state index in [1.807, 2.05) is 18.2 Å². The number of primary amides is 1. The molecule has 0 saturated carbocycles. The van der Waals surface area contributed by atoms with E-state index in [1.54, 1.807) is 0 Å². The van der Waals surface area contributed by atoms with Crippen molar-refractivity contribution in [2.24, 2.45) is 5.73 Å². The van der Waals surface area contributed by atoms with Crippen LogP contribution in [0.1, 0.15) is 6.42 Å². The lowest BCUT2D eigenvalue weighted by molar-refractivity contribution is -0.119. The van der Waals surface area contributed by atoms with Crippen molar-refractivity contribution in [2.45, 2.75) is 12.5 Å². The van der Waals surface area contributed by atoms with Gasteiger partial charge in [-0.15, -0.1) is 24.8 Å². The molecule has 1 aromatic rings. The van der Waals surface area contributed by atoms with Crippen molar-refractivity contribution in [3.8, 4) is 0 Å². The number of amides is 1. The Labute approximate surface area is 137 Å². The molecule has 1 atom stereocenters. The number of hydrogen-bond donors (Lipinski definition) is 2. The Morgan fingerprint density at radius 2 is 1.90 bits per heavy atom. The summed E-state index contributed by atoms with van der Waals surface area (Å²) in [6, 6.07) is 10.4. The number of hydrogen-bond acceptors (Lipinski definition) is 4. The van der Waals surface area contributed by atoms with Crippen LogP contribution in [0, 0.1) is 0 Å². The number of nitrogens with two attached hydrogens (primary N) is 1. The number of anilines is 1. The standard InChI is InChI=1S/C14H21N3O2.2ClH/c15-14(19)11-16-7-8-17(13(10-16)6-9-18)12-4-2-1-3-5-12;;/h1-5,13,18H,6-11H2,(H2,15,19);2*1H. The predicted octanol–water partition coefficient (Wildman–Crippen LogP) is 0.889. The highest BCUT2D eigenvalue weighted by molar-refractivity contribution is 5.85. The van der Waals surface area contributed by atoms with Gasteiger partial charge in [-0.3, -0.25) is 9.69 Å². The SMILES string of the molecule is Cl.Cl.NC(=O)CN1CCN(c2ccccc2)C(CCO)C1. The Bertz CT molecular complexity index is 420. The highest BCUT2D eigenvalue weighted by Gasteiger charge is 2.27. The molecule has 21 heavy (non-hydrogen) atoms. The van der Waals surface area contributed by atoms with E-state index in [-0.39, 0.29) is 43.4 Å². The number of rotatable bonds is 5. The molecule has 0 aromatic heterocycles. The van der Waals surface area contributed by atoms with Gasteiger partial charge in [0.1, 0.15) is 0 Å². The number of carbonyl (C=O) groups excluding carboxylic acids is 1. The summed E-state index contributed by atoms with van der Waals surface area (Å²) in [7, 11) is 0. The van der Waals surface area contributed by atoms with Gasteiger partial charge in [-0.05, 0) is 18.6 Å². The quantitative estimate of drug-likeness (QED) is 0.838. The topological polar surface area (TPSA) is 69.8 Å². The zero-order chi connectivity index (χ0) is 13.7. The highest BCUT2D eigenvalue weighted by Crippen LogP contribution is 2.21. The summed E-state index contributed by atoms with van der Waals surface area (Å²) in [5.41, 5.74) is 6.41. The number of nitrogens with zero attached hydrogens (tertiary/aromatic N) is 2. The summed E-state index contributed by atoms with van der Waals surface area (Å²) < 4.78 is 0. The first-order valence-corrected chi connectivity index (χ1v) is 6.64. The van der Waals surface area contributed by atoms with E-state index in [2.05, 4.69) is 21.9 Å². The van der Waals surface area contributed by atoms with Crippen molar-refractivity contribution in [1.29, 1.82) is 0 Å². The zero-order valence-corrected chi connectivity index (χ0v) is 13.5. The molecule has 1 saturated heterocycles. The normalized spacial score (nSPS) is 18.5. The third-order valence-corrected chi connectivity index (χ3v) is 3.50. The molecule has 3 N–H and O–H groups in total. The van der Waals surface area contributed by atoms with Crippen molar-refractivity contribution < 1.29 is 9.90 Å². The van der Waals surface area contributed by atoms with Crippen LogP contribution in [0.25, 0.3) is 0 Å². The van der Waals surface area contributed by atoms with Crippen molar-refractivity contribution >= 4 is 36.4 Å². The Balaban J connectivity index is 0.00000200. The average Bonchev–Trinajstić information content (AvgIpc) is 2.40. The van der Waals surface area contributed by atoms with Crippen LogP contribution in [0.15, 0.2) is 30.3 Å². The molecule has 1 aromatic carbocycles. The minimum atomic E-state index is -0.295. The minimum Gasteiger partial charge on any atom is -0.396 e. The van der Waals surface area contributed by atoms with Gasteiger partial charge in [-0.2, -0.15) is 0 Å². The first-order valence-electron chi connectivity index (χ1n) is 6.64. The molecule has 1 aliphatic heterocycles.